The molecular weight excluding hydrogens is 133 g/mol. The van der Waals surface area contributed by atoms with Crippen LogP contribution in [0.2, 0.25) is 0 Å². The summed E-state index contributed by atoms with van der Waals surface area (Å²) in [6.45, 7) is 1.90. The first-order valence-corrected chi connectivity index (χ1v) is 3.11. The smallest absolute Gasteiger partial charge is 0.283 e. The number of aromatic amines is 1. The van der Waals surface area contributed by atoms with Crippen LogP contribution in [0.1, 0.15) is 12.5 Å². The maximum Gasteiger partial charge on any atom is 0.283 e. The number of rotatable bonds is 1. The second kappa shape index (κ2) is 2.64. The maximum atomic E-state index is 12.4. The molecule has 0 saturated heterocycles. The van der Waals surface area contributed by atoms with Crippen LogP contribution in [0.25, 0.3) is 0 Å². The topological polar surface area (TPSA) is 32.9 Å². The SMILES string of the molecule is CCc1c[nH]c(=O)c(F)c1. The fourth-order valence-corrected chi connectivity index (χ4v) is 0.701. The lowest BCUT2D eigenvalue weighted by atomic mass is 10.2. The Morgan fingerprint density at radius 1 is 1.70 bits per heavy atom. The number of aromatic nitrogens is 1. The molecule has 1 aromatic rings. The van der Waals surface area contributed by atoms with Crippen LogP contribution >= 0.6 is 0 Å². The largest absolute Gasteiger partial charge is 0.326 e. The monoisotopic (exact) mass is 141 g/mol. The second-order valence-electron chi connectivity index (χ2n) is 2.04. The average Bonchev–Trinajstić information content (AvgIpc) is 1.95. The van der Waals surface area contributed by atoms with Gasteiger partial charge in [-0.15, -0.1) is 0 Å². The highest BCUT2D eigenvalue weighted by Crippen LogP contribution is 1.96. The lowest BCUT2D eigenvalue weighted by Gasteiger charge is -1.92. The summed E-state index contributed by atoms with van der Waals surface area (Å²) in [6, 6.07) is 1.25. The first-order valence-electron chi connectivity index (χ1n) is 3.11. The first-order chi connectivity index (χ1) is 4.74. The van der Waals surface area contributed by atoms with E-state index in [-0.39, 0.29) is 0 Å². The van der Waals surface area contributed by atoms with Crippen LogP contribution < -0.4 is 5.56 Å². The van der Waals surface area contributed by atoms with Crippen molar-refractivity contribution in [1.29, 1.82) is 0 Å². The molecule has 0 amide bonds. The Bertz CT molecular complexity index is 279. The lowest BCUT2D eigenvalue weighted by Crippen LogP contribution is -2.09. The molecule has 0 fully saturated rings. The van der Waals surface area contributed by atoms with Gasteiger partial charge in [-0.25, -0.2) is 4.39 Å². The minimum atomic E-state index is -0.709. The van der Waals surface area contributed by atoms with Gasteiger partial charge >= 0.3 is 0 Å². The van der Waals surface area contributed by atoms with E-state index in [4.69, 9.17) is 0 Å². The Labute approximate surface area is 57.7 Å². The van der Waals surface area contributed by atoms with Gasteiger partial charge in [0.15, 0.2) is 5.82 Å². The zero-order valence-corrected chi connectivity index (χ0v) is 5.65. The van der Waals surface area contributed by atoms with Crippen LogP contribution in [-0.4, -0.2) is 4.98 Å². The Morgan fingerprint density at radius 2 is 2.40 bits per heavy atom. The molecule has 1 heterocycles. The average molecular weight is 141 g/mol. The van der Waals surface area contributed by atoms with Gasteiger partial charge < -0.3 is 4.98 Å². The summed E-state index contributed by atoms with van der Waals surface area (Å²) in [5.74, 6) is -0.709. The fourth-order valence-electron chi connectivity index (χ4n) is 0.701. The van der Waals surface area contributed by atoms with Gasteiger partial charge in [-0.1, -0.05) is 6.92 Å². The van der Waals surface area contributed by atoms with Crippen LogP contribution in [0.3, 0.4) is 0 Å². The predicted octanol–water partition coefficient (Wildman–Crippen LogP) is 1.08. The third kappa shape index (κ3) is 1.23. The van der Waals surface area contributed by atoms with E-state index in [1.165, 1.54) is 12.3 Å². The summed E-state index contributed by atoms with van der Waals surface area (Å²) in [6.07, 6.45) is 2.25. The molecule has 2 nitrogen and oxygen atoms in total. The Hall–Kier alpha value is -1.12. The molecule has 3 heteroatoms. The van der Waals surface area contributed by atoms with Crippen molar-refractivity contribution in [3.8, 4) is 0 Å². The lowest BCUT2D eigenvalue weighted by molar-refractivity contribution is 0.606. The molecule has 0 unspecified atom stereocenters. The van der Waals surface area contributed by atoms with E-state index in [1.54, 1.807) is 0 Å². The Balaban J connectivity index is 3.17. The highest BCUT2D eigenvalue weighted by Gasteiger charge is 1.96. The van der Waals surface area contributed by atoms with Crippen LogP contribution in [0.4, 0.5) is 4.39 Å². The fraction of sp³-hybridized carbons (Fsp3) is 0.286. The molecule has 0 aliphatic rings. The van der Waals surface area contributed by atoms with Crippen LogP contribution in [0.15, 0.2) is 17.1 Å². The Morgan fingerprint density at radius 3 is 2.90 bits per heavy atom. The van der Waals surface area contributed by atoms with Crippen LogP contribution in [-0.2, 0) is 6.42 Å². The van der Waals surface area contributed by atoms with Crippen molar-refractivity contribution < 1.29 is 4.39 Å². The molecule has 1 rings (SSSR count). The normalized spacial score (nSPS) is 9.80. The van der Waals surface area contributed by atoms with Gasteiger partial charge in [0.1, 0.15) is 0 Å². The molecule has 0 saturated carbocycles. The van der Waals surface area contributed by atoms with Gasteiger partial charge in [0, 0.05) is 6.20 Å². The summed E-state index contributed by atoms with van der Waals surface area (Å²) in [4.78, 5) is 12.7. The van der Waals surface area contributed by atoms with E-state index in [2.05, 4.69) is 4.98 Å². The van der Waals surface area contributed by atoms with E-state index in [1.807, 2.05) is 6.92 Å². The van der Waals surface area contributed by atoms with E-state index in [9.17, 15) is 9.18 Å². The van der Waals surface area contributed by atoms with Gasteiger partial charge in [0.25, 0.3) is 5.56 Å². The molecule has 0 aromatic carbocycles. The number of H-pyrrole nitrogens is 1. The highest BCUT2D eigenvalue weighted by atomic mass is 19.1. The van der Waals surface area contributed by atoms with E-state index in [0.29, 0.717) is 0 Å². The van der Waals surface area contributed by atoms with Gasteiger partial charge in [-0.3, -0.25) is 4.79 Å². The van der Waals surface area contributed by atoms with E-state index < -0.39 is 11.4 Å². The minimum absolute atomic E-state index is 0.655. The third-order valence-corrected chi connectivity index (χ3v) is 1.33. The summed E-state index contributed by atoms with van der Waals surface area (Å²) in [7, 11) is 0. The standard InChI is InChI=1S/C7H8FNO/c1-2-5-3-6(8)7(10)9-4-5/h3-4H,2H2,1H3,(H,9,10). The molecule has 10 heavy (non-hydrogen) atoms. The predicted molar refractivity (Wildman–Crippen MR) is 36.4 cm³/mol. The number of aryl methyl sites for hydroxylation is 1. The molecular formula is C7H8FNO. The van der Waals surface area contributed by atoms with Gasteiger partial charge in [-0.2, -0.15) is 0 Å². The molecule has 0 bridgehead atoms. The molecule has 0 spiro atoms. The summed E-state index contributed by atoms with van der Waals surface area (Å²) in [5, 5.41) is 0. The molecule has 0 aliphatic heterocycles. The van der Waals surface area contributed by atoms with Gasteiger partial charge in [-0.05, 0) is 18.1 Å². The van der Waals surface area contributed by atoms with Crippen molar-refractivity contribution in [2.75, 3.05) is 0 Å². The molecule has 0 radical (unpaired) electrons. The maximum absolute atomic E-state index is 12.4. The number of pyridine rings is 1. The number of hydrogen-bond donors (Lipinski definition) is 1. The Kier molecular flexibility index (Phi) is 1.85. The summed E-state index contributed by atoms with van der Waals surface area (Å²) < 4.78 is 12.4. The third-order valence-electron chi connectivity index (χ3n) is 1.33. The first kappa shape index (κ1) is 6.99. The van der Waals surface area contributed by atoms with Crippen molar-refractivity contribution in [3.63, 3.8) is 0 Å². The highest BCUT2D eigenvalue weighted by molar-refractivity contribution is 5.09. The van der Waals surface area contributed by atoms with Gasteiger partial charge in [0.2, 0.25) is 0 Å². The zero-order valence-electron chi connectivity index (χ0n) is 5.65. The minimum Gasteiger partial charge on any atom is -0.326 e. The molecule has 1 aromatic heterocycles. The van der Waals surface area contributed by atoms with Gasteiger partial charge in [0.05, 0.1) is 0 Å². The summed E-state index contributed by atoms with van der Waals surface area (Å²) >= 11 is 0. The van der Waals surface area contributed by atoms with Crippen LogP contribution in [0, 0.1) is 5.82 Å². The van der Waals surface area contributed by atoms with Crippen molar-refractivity contribution >= 4 is 0 Å². The number of halogens is 1. The second-order valence-corrected chi connectivity index (χ2v) is 2.04. The molecule has 54 valence electrons. The number of nitrogens with one attached hydrogen (secondary N) is 1. The van der Waals surface area contributed by atoms with E-state index in [0.717, 1.165) is 12.0 Å². The van der Waals surface area contributed by atoms with E-state index >= 15 is 0 Å². The number of hydrogen-bond acceptors (Lipinski definition) is 1. The molecule has 0 atom stereocenters. The van der Waals surface area contributed by atoms with Crippen LogP contribution in [0.5, 0.6) is 0 Å². The van der Waals surface area contributed by atoms with Crippen molar-refractivity contribution in [1.82, 2.24) is 4.98 Å². The summed E-state index contributed by atoms with van der Waals surface area (Å²) in [5.41, 5.74) is 0.147. The zero-order chi connectivity index (χ0) is 7.56. The van der Waals surface area contributed by atoms with Crippen molar-refractivity contribution in [3.05, 3.63) is 34.0 Å². The van der Waals surface area contributed by atoms with Crippen molar-refractivity contribution in [2.45, 2.75) is 13.3 Å². The molecule has 1 N–H and O–H groups in total. The van der Waals surface area contributed by atoms with Crippen molar-refractivity contribution in [2.24, 2.45) is 0 Å². The molecule has 0 aliphatic carbocycles. The quantitative estimate of drug-likeness (QED) is 0.623.